The highest BCUT2D eigenvalue weighted by atomic mass is 16.5. The van der Waals surface area contributed by atoms with Crippen LogP contribution in [0.4, 0.5) is 5.69 Å². The number of amides is 3. The van der Waals surface area contributed by atoms with Gasteiger partial charge in [-0.1, -0.05) is 30.3 Å². The van der Waals surface area contributed by atoms with E-state index in [1.54, 1.807) is 31.4 Å². The van der Waals surface area contributed by atoms with Gasteiger partial charge in [-0.15, -0.1) is 0 Å². The third kappa shape index (κ3) is 4.84. The van der Waals surface area contributed by atoms with Gasteiger partial charge in [0.05, 0.1) is 18.4 Å². The number of hydrogen-bond acceptors (Lipinski definition) is 4. The van der Waals surface area contributed by atoms with Gasteiger partial charge in [-0.2, -0.15) is 0 Å². The fraction of sp³-hybridized carbons (Fsp3) is 0.250. The molecule has 7 nitrogen and oxygen atoms in total. The zero-order valence-corrected chi connectivity index (χ0v) is 15.0. The molecule has 1 saturated carbocycles. The molecule has 3 rings (SSSR count). The molecule has 0 spiro atoms. The predicted octanol–water partition coefficient (Wildman–Crippen LogP) is 1.84. The van der Waals surface area contributed by atoms with E-state index < -0.39 is 11.8 Å². The van der Waals surface area contributed by atoms with E-state index in [2.05, 4.69) is 16.0 Å². The number of hydrogen-bond donors (Lipinski definition) is 3. The highest BCUT2D eigenvalue weighted by Crippen LogP contribution is 2.20. The Balaban J connectivity index is 1.66. The summed E-state index contributed by atoms with van der Waals surface area (Å²) >= 11 is 0. The summed E-state index contributed by atoms with van der Waals surface area (Å²) in [4.78, 5) is 36.4. The van der Waals surface area contributed by atoms with Gasteiger partial charge in [0.1, 0.15) is 5.75 Å². The first-order valence-corrected chi connectivity index (χ1v) is 8.69. The molecule has 7 heteroatoms. The van der Waals surface area contributed by atoms with Crippen molar-refractivity contribution in [3.8, 4) is 5.75 Å². The Bertz CT molecular complexity index is 862. The molecular formula is C20H21N3O4. The molecule has 3 N–H and O–H groups in total. The third-order valence-electron chi connectivity index (χ3n) is 4.17. The molecule has 0 aromatic heterocycles. The average Bonchev–Trinajstić information content (AvgIpc) is 3.50. The Morgan fingerprint density at radius 2 is 1.70 bits per heavy atom. The Kier molecular flexibility index (Phi) is 5.71. The summed E-state index contributed by atoms with van der Waals surface area (Å²) in [6.45, 7) is 0.271. The molecule has 0 heterocycles. The molecule has 0 atom stereocenters. The van der Waals surface area contributed by atoms with E-state index in [-0.39, 0.29) is 29.7 Å². The van der Waals surface area contributed by atoms with E-state index in [1.807, 2.05) is 24.3 Å². The highest BCUT2D eigenvalue weighted by Gasteiger charge is 2.27. The fourth-order valence-electron chi connectivity index (χ4n) is 2.57. The molecule has 27 heavy (non-hydrogen) atoms. The minimum atomic E-state index is -0.785. The van der Waals surface area contributed by atoms with Crippen LogP contribution in [-0.2, 0) is 16.1 Å². The largest absolute Gasteiger partial charge is 0.496 e. The molecule has 1 aliphatic carbocycles. The van der Waals surface area contributed by atoms with Crippen LogP contribution in [0.15, 0.2) is 48.5 Å². The van der Waals surface area contributed by atoms with Crippen LogP contribution in [0.25, 0.3) is 0 Å². The van der Waals surface area contributed by atoms with E-state index in [9.17, 15) is 14.4 Å². The highest BCUT2D eigenvalue weighted by molar-refractivity contribution is 6.40. The topological polar surface area (TPSA) is 96.5 Å². The Hall–Kier alpha value is -3.35. The van der Waals surface area contributed by atoms with Crippen LogP contribution < -0.4 is 20.7 Å². The van der Waals surface area contributed by atoms with Crippen LogP contribution in [0.5, 0.6) is 5.75 Å². The smallest absolute Gasteiger partial charge is 0.313 e. The van der Waals surface area contributed by atoms with Crippen LogP contribution in [0.1, 0.15) is 28.8 Å². The van der Waals surface area contributed by atoms with Crippen LogP contribution in [0.3, 0.4) is 0 Å². The average molecular weight is 367 g/mol. The maximum atomic E-state index is 12.6. The number of carbonyl (C=O) groups excluding carboxylic acids is 3. The number of para-hydroxylation sites is 2. The van der Waals surface area contributed by atoms with Gasteiger partial charge in [0.2, 0.25) is 0 Å². The summed E-state index contributed by atoms with van der Waals surface area (Å²) < 4.78 is 5.27. The van der Waals surface area contributed by atoms with Crippen molar-refractivity contribution in [1.82, 2.24) is 10.6 Å². The van der Waals surface area contributed by atoms with Crippen molar-refractivity contribution < 1.29 is 19.1 Å². The second-order valence-electron chi connectivity index (χ2n) is 6.24. The Labute approximate surface area is 157 Å². The molecule has 0 unspecified atom stereocenters. The first-order chi connectivity index (χ1) is 13.1. The Morgan fingerprint density at radius 3 is 2.44 bits per heavy atom. The molecule has 0 saturated heterocycles. The summed E-state index contributed by atoms with van der Waals surface area (Å²) in [5.74, 6) is -1.16. The number of benzene rings is 2. The van der Waals surface area contributed by atoms with Gasteiger partial charge in [-0.05, 0) is 31.0 Å². The number of carbonyl (C=O) groups is 3. The second-order valence-corrected chi connectivity index (χ2v) is 6.24. The van der Waals surface area contributed by atoms with E-state index >= 15 is 0 Å². The molecule has 2 aromatic rings. The summed E-state index contributed by atoms with van der Waals surface area (Å²) in [5.41, 5.74) is 1.39. The summed E-state index contributed by atoms with van der Waals surface area (Å²) in [6.07, 6.45) is 1.78. The lowest BCUT2D eigenvalue weighted by Crippen LogP contribution is -2.37. The monoisotopic (exact) mass is 367 g/mol. The maximum absolute atomic E-state index is 12.6. The van der Waals surface area contributed by atoms with Gasteiger partial charge >= 0.3 is 11.8 Å². The zero-order chi connectivity index (χ0) is 19.2. The molecular weight excluding hydrogens is 346 g/mol. The third-order valence-corrected chi connectivity index (χ3v) is 4.17. The van der Waals surface area contributed by atoms with Crippen molar-refractivity contribution in [2.24, 2.45) is 0 Å². The van der Waals surface area contributed by atoms with Gasteiger partial charge in [-0.3, -0.25) is 14.4 Å². The maximum Gasteiger partial charge on any atom is 0.313 e. The predicted molar refractivity (Wildman–Crippen MR) is 100 cm³/mol. The summed E-state index contributed by atoms with van der Waals surface area (Å²) in [7, 11) is 1.57. The molecule has 1 aliphatic rings. The quantitative estimate of drug-likeness (QED) is 0.679. The van der Waals surface area contributed by atoms with Gasteiger partial charge in [0.15, 0.2) is 0 Å². The zero-order valence-electron chi connectivity index (χ0n) is 15.0. The van der Waals surface area contributed by atoms with Gasteiger partial charge in [-0.25, -0.2) is 0 Å². The van der Waals surface area contributed by atoms with Crippen LogP contribution in [0, 0.1) is 0 Å². The normalized spacial score (nSPS) is 12.8. The van der Waals surface area contributed by atoms with Crippen molar-refractivity contribution >= 4 is 23.4 Å². The van der Waals surface area contributed by atoms with Crippen molar-refractivity contribution in [2.45, 2.75) is 25.4 Å². The minimum Gasteiger partial charge on any atom is -0.496 e. The number of nitrogens with one attached hydrogen (secondary N) is 3. The number of rotatable bonds is 6. The Morgan fingerprint density at radius 1 is 1.00 bits per heavy atom. The molecule has 0 bridgehead atoms. The standard InChI is InChI=1S/C20H21N3O4/c1-27-17-9-5-2-6-13(17)12-21-18(24)15-7-3-4-8-16(15)23-20(26)19(25)22-14-10-11-14/h2-9,14H,10-12H2,1H3,(H,21,24)(H,22,25)(H,23,26). The summed E-state index contributed by atoms with van der Waals surface area (Å²) in [5, 5.41) is 7.93. The van der Waals surface area contributed by atoms with E-state index in [4.69, 9.17) is 4.74 Å². The van der Waals surface area contributed by atoms with Crippen LogP contribution in [-0.4, -0.2) is 30.9 Å². The number of anilines is 1. The SMILES string of the molecule is COc1ccccc1CNC(=O)c1ccccc1NC(=O)C(=O)NC1CC1. The number of methoxy groups -OCH3 is 1. The van der Waals surface area contributed by atoms with Gasteiger partial charge < -0.3 is 20.7 Å². The lowest BCUT2D eigenvalue weighted by atomic mass is 10.1. The molecule has 0 radical (unpaired) electrons. The molecule has 140 valence electrons. The van der Waals surface area contributed by atoms with Crippen LogP contribution >= 0.6 is 0 Å². The summed E-state index contributed by atoms with van der Waals surface area (Å²) in [6, 6.07) is 14.0. The minimum absolute atomic E-state index is 0.0858. The van der Waals surface area contributed by atoms with Gasteiger partial charge in [0, 0.05) is 18.2 Å². The molecule has 3 amide bonds. The first kappa shape index (κ1) is 18.4. The number of ether oxygens (including phenoxy) is 1. The first-order valence-electron chi connectivity index (χ1n) is 8.69. The fourth-order valence-corrected chi connectivity index (χ4v) is 2.57. The van der Waals surface area contributed by atoms with Crippen LogP contribution in [0.2, 0.25) is 0 Å². The van der Waals surface area contributed by atoms with Gasteiger partial charge in [0.25, 0.3) is 5.91 Å². The lowest BCUT2D eigenvalue weighted by molar-refractivity contribution is -0.136. The van der Waals surface area contributed by atoms with Crippen molar-refractivity contribution in [3.05, 3.63) is 59.7 Å². The molecule has 1 fully saturated rings. The van der Waals surface area contributed by atoms with E-state index in [1.165, 1.54) is 0 Å². The van der Waals surface area contributed by atoms with Crippen molar-refractivity contribution in [1.29, 1.82) is 0 Å². The lowest BCUT2D eigenvalue weighted by Gasteiger charge is -2.12. The van der Waals surface area contributed by atoms with Crippen molar-refractivity contribution in [3.63, 3.8) is 0 Å². The van der Waals surface area contributed by atoms with Crippen molar-refractivity contribution in [2.75, 3.05) is 12.4 Å². The van der Waals surface area contributed by atoms with E-state index in [0.29, 0.717) is 5.75 Å². The second kappa shape index (κ2) is 8.35. The molecule has 2 aromatic carbocycles. The molecule has 0 aliphatic heterocycles. The van der Waals surface area contributed by atoms with E-state index in [0.717, 1.165) is 18.4 Å².